The van der Waals surface area contributed by atoms with E-state index in [0.29, 0.717) is 46.5 Å². The maximum absolute atomic E-state index is 12.7. The van der Waals surface area contributed by atoms with Gasteiger partial charge in [0.05, 0.1) is 17.8 Å². The van der Waals surface area contributed by atoms with Crippen molar-refractivity contribution >= 4 is 57.0 Å². The van der Waals surface area contributed by atoms with Crippen LogP contribution in [-0.4, -0.2) is 37.9 Å². The number of fused-ring (bicyclic) bond motifs is 8. The Kier molecular flexibility index (Phi) is 9.71. The molecule has 2 aliphatic rings. The van der Waals surface area contributed by atoms with Crippen LogP contribution in [-0.2, 0) is 33.1 Å². The van der Waals surface area contributed by atoms with Crippen molar-refractivity contribution in [2.75, 3.05) is 0 Å². The zero-order valence-electron chi connectivity index (χ0n) is 26.3. The van der Waals surface area contributed by atoms with E-state index in [4.69, 9.17) is 19.9 Å². The molecule has 0 radical (unpaired) electrons. The molecule has 0 amide bonds. The second kappa shape index (κ2) is 13.0. The molecule has 5 heterocycles. The topological polar surface area (TPSA) is 146 Å². The SMILES string of the molecule is C=Cc1c(C)c2cc3nc(c(CC(=O)O)c4[n-]c(cc5nc(cc1[n-]2)C(C)=C5CC)c(C)c4C(=O)O)C(CCC(C)=O)[C@@H]3C.[Fe+2]. The van der Waals surface area contributed by atoms with Crippen molar-refractivity contribution in [1.29, 1.82) is 0 Å². The Morgan fingerprint density at radius 3 is 2.24 bits per heavy atom. The predicted molar refractivity (Wildman–Crippen MR) is 171 cm³/mol. The minimum absolute atomic E-state index is 0. The Hall–Kier alpha value is -4.27. The Bertz CT molecular complexity index is 1950. The number of aryl methyl sites for hydroxylation is 2. The third-order valence-corrected chi connectivity index (χ3v) is 8.92. The van der Waals surface area contributed by atoms with Gasteiger partial charge in [-0.25, -0.2) is 9.78 Å². The maximum atomic E-state index is 12.7. The van der Waals surface area contributed by atoms with Crippen LogP contribution in [0, 0.1) is 13.8 Å². The Balaban J connectivity index is 0.00000461. The molecule has 8 bridgehead atoms. The molecule has 2 atom stereocenters. The number of aromatic nitrogens is 4. The van der Waals surface area contributed by atoms with Gasteiger partial charge in [-0.3, -0.25) is 9.78 Å². The van der Waals surface area contributed by atoms with Crippen LogP contribution in [0.15, 0.2) is 24.8 Å². The van der Waals surface area contributed by atoms with Crippen LogP contribution in [0.1, 0.15) is 114 Å². The number of ketones is 1. The normalized spacial score (nSPS) is 16.0. The van der Waals surface area contributed by atoms with E-state index in [2.05, 4.69) is 6.58 Å². The van der Waals surface area contributed by atoms with Crippen molar-refractivity contribution in [3.05, 3.63) is 75.4 Å². The third-order valence-electron chi connectivity index (χ3n) is 8.92. The number of allylic oxidation sites excluding steroid dienone is 2. The van der Waals surface area contributed by atoms with E-state index in [1.807, 2.05) is 39.8 Å². The van der Waals surface area contributed by atoms with Crippen LogP contribution in [0.3, 0.4) is 0 Å². The Labute approximate surface area is 272 Å². The predicted octanol–water partition coefficient (Wildman–Crippen LogP) is 6.75. The molecule has 234 valence electrons. The quantitative estimate of drug-likeness (QED) is 0.253. The minimum atomic E-state index is -1.20. The fourth-order valence-electron chi connectivity index (χ4n) is 6.45. The van der Waals surface area contributed by atoms with Gasteiger partial charge in [0, 0.05) is 35.2 Å². The summed E-state index contributed by atoms with van der Waals surface area (Å²) in [6.07, 6.45) is 2.71. The number of Topliss-reactive ketones (excluding diaryl/α,β-unsaturated/α-hetero) is 1. The van der Waals surface area contributed by atoms with Crippen LogP contribution in [0.2, 0.25) is 0 Å². The van der Waals surface area contributed by atoms with Gasteiger partial charge >= 0.3 is 29.0 Å². The number of carbonyl (C=O) groups is 3. The fraction of sp³-hybridized carbons (Fsp3) is 0.343. The monoisotopic (exact) mass is 648 g/mol. The summed E-state index contributed by atoms with van der Waals surface area (Å²) in [6, 6.07) is 5.63. The molecule has 1 unspecified atom stereocenters. The van der Waals surface area contributed by atoms with E-state index < -0.39 is 18.4 Å². The first-order valence-corrected chi connectivity index (χ1v) is 14.8. The molecule has 3 aromatic rings. The summed E-state index contributed by atoms with van der Waals surface area (Å²) in [7, 11) is 0. The van der Waals surface area contributed by atoms with Gasteiger partial charge in [0.1, 0.15) is 5.78 Å². The molecule has 0 fully saturated rings. The van der Waals surface area contributed by atoms with Crippen LogP contribution in [0.25, 0.3) is 39.3 Å². The standard InChI is InChI=1S/C35H38N4O5.Fe/c1-8-21-17(4)25-13-27-19(6)23(11-10-16(3)40)33(38-27)24(12-31(41)42)34-32(35(43)44)20(7)28(39-34)15-30-22(9-2)18(5)26(37-30)14-29(21)36-25;/h8,13-15,19,23H,1,9-12H2,2-7H3,(H4,36,37,38,39,41,42,43,44);/q;+2/p-2/t19-,23?;/m0./s1. The fourth-order valence-corrected chi connectivity index (χ4v) is 6.45. The van der Waals surface area contributed by atoms with Crippen molar-refractivity contribution in [2.24, 2.45) is 0 Å². The van der Waals surface area contributed by atoms with Gasteiger partial charge in [0.2, 0.25) is 0 Å². The molecule has 2 aliphatic heterocycles. The van der Waals surface area contributed by atoms with Gasteiger partial charge in [0.25, 0.3) is 0 Å². The summed E-state index contributed by atoms with van der Waals surface area (Å²) in [6.45, 7) is 15.2. The first-order valence-electron chi connectivity index (χ1n) is 14.8. The summed E-state index contributed by atoms with van der Waals surface area (Å²) in [5.41, 5.74) is 8.88. The van der Waals surface area contributed by atoms with E-state index >= 15 is 0 Å². The molecule has 0 aromatic carbocycles. The number of carboxylic acid groups (broad SMARTS) is 2. The Morgan fingerprint density at radius 2 is 1.64 bits per heavy atom. The van der Waals surface area contributed by atoms with Gasteiger partial charge in [0.15, 0.2) is 0 Å². The first kappa shape index (κ1) is 33.6. The molecule has 0 spiro atoms. The minimum Gasteiger partial charge on any atom is -0.657 e. The number of carboxylic acids is 2. The zero-order valence-corrected chi connectivity index (χ0v) is 27.4. The van der Waals surface area contributed by atoms with E-state index in [0.717, 1.165) is 33.5 Å². The van der Waals surface area contributed by atoms with Gasteiger partial charge in [-0.2, -0.15) is 0 Å². The molecule has 10 heteroatoms. The molecule has 45 heavy (non-hydrogen) atoms. The van der Waals surface area contributed by atoms with Crippen molar-refractivity contribution < 1.29 is 41.7 Å². The van der Waals surface area contributed by atoms with Crippen molar-refractivity contribution in [2.45, 2.75) is 79.1 Å². The molecule has 0 saturated heterocycles. The van der Waals surface area contributed by atoms with Gasteiger partial charge in [-0.1, -0.05) is 55.8 Å². The molecule has 9 nitrogen and oxygen atoms in total. The van der Waals surface area contributed by atoms with Crippen molar-refractivity contribution in [3.8, 4) is 0 Å². The van der Waals surface area contributed by atoms with Crippen molar-refractivity contribution in [3.63, 3.8) is 0 Å². The molecule has 5 rings (SSSR count). The molecule has 0 saturated carbocycles. The number of aromatic carboxylic acids is 1. The number of rotatable bonds is 8. The van der Waals surface area contributed by atoms with Crippen molar-refractivity contribution in [1.82, 2.24) is 19.9 Å². The second-order valence-corrected chi connectivity index (χ2v) is 11.7. The molecule has 3 aromatic heterocycles. The average Bonchev–Trinajstić information content (AvgIpc) is 3.63. The summed E-state index contributed by atoms with van der Waals surface area (Å²) in [5, 5.41) is 20.4. The van der Waals surface area contributed by atoms with E-state index in [1.54, 1.807) is 19.1 Å². The summed E-state index contributed by atoms with van der Waals surface area (Å²) in [4.78, 5) is 56.7. The van der Waals surface area contributed by atoms with E-state index in [-0.39, 0.29) is 57.8 Å². The number of hydrogen-bond acceptors (Lipinski definition) is 5. The van der Waals surface area contributed by atoms with E-state index in [9.17, 15) is 24.6 Å². The molecular weight excluding hydrogens is 612 g/mol. The van der Waals surface area contributed by atoms with Crippen LogP contribution in [0.5, 0.6) is 0 Å². The molecule has 0 aliphatic carbocycles. The largest absolute Gasteiger partial charge is 2.00 e. The second-order valence-electron chi connectivity index (χ2n) is 11.7. The summed E-state index contributed by atoms with van der Waals surface area (Å²) >= 11 is 0. The first-order chi connectivity index (χ1) is 20.9. The smallest absolute Gasteiger partial charge is 0.657 e. The number of hydrogen-bond donors (Lipinski definition) is 2. The maximum Gasteiger partial charge on any atom is 2.00 e. The summed E-state index contributed by atoms with van der Waals surface area (Å²) < 4.78 is 0. The third kappa shape index (κ3) is 6.04. The Morgan fingerprint density at radius 1 is 0.978 bits per heavy atom. The van der Waals surface area contributed by atoms with Crippen LogP contribution < -0.4 is 9.97 Å². The number of nitrogens with zero attached hydrogens (tertiary/aromatic N) is 4. The average molecular weight is 649 g/mol. The van der Waals surface area contributed by atoms with Crippen LogP contribution in [0.4, 0.5) is 0 Å². The number of carbonyl (C=O) groups excluding carboxylic acids is 1. The van der Waals surface area contributed by atoms with Crippen LogP contribution >= 0.6 is 0 Å². The van der Waals surface area contributed by atoms with Gasteiger partial charge in [-0.15, -0.1) is 22.1 Å². The summed E-state index contributed by atoms with van der Waals surface area (Å²) in [5.74, 6) is -2.85. The molecule has 2 N–H and O–H groups in total. The molecular formula is C35H36FeN4O5. The van der Waals surface area contributed by atoms with Gasteiger partial charge < -0.3 is 25.0 Å². The number of aliphatic carboxylic acids is 1. The van der Waals surface area contributed by atoms with E-state index in [1.165, 1.54) is 6.92 Å². The van der Waals surface area contributed by atoms with Gasteiger partial charge in [-0.05, 0) is 62.8 Å². The zero-order chi connectivity index (χ0) is 32.0.